The van der Waals surface area contributed by atoms with Crippen LogP contribution in [0.4, 0.5) is 0 Å². The van der Waals surface area contributed by atoms with Gasteiger partial charge in [0.2, 0.25) is 0 Å². The fraction of sp³-hybridized carbons (Fsp3) is 0.440. The van der Waals surface area contributed by atoms with Gasteiger partial charge in [-0.1, -0.05) is 33.8 Å². The molecule has 0 spiro atoms. The van der Waals surface area contributed by atoms with Crippen molar-refractivity contribution in [2.24, 2.45) is 0 Å². The van der Waals surface area contributed by atoms with E-state index in [0.717, 1.165) is 11.1 Å². The van der Waals surface area contributed by atoms with Crippen molar-refractivity contribution in [2.75, 3.05) is 6.61 Å². The van der Waals surface area contributed by atoms with E-state index in [1.807, 2.05) is 6.20 Å². The van der Waals surface area contributed by atoms with Crippen molar-refractivity contribution in [1.82, 2.24) is 4.98 Å². The Labute approximate surface area is 168 Å². The van der Waals surface area contributed by atoms with Crippen LogP contribution in [0.1, 0.15) is 69.7 Å². The second-order valence-electron chi connectivity index (χ2n) is 9.07. The van der Waals surface area contributed by atoms with Crippen LogP contribution in [-0.4, -0.2) is 17.6 Å². The highest BCUT2D eigenvalue weighted by Gasteiger charge is 2.37. The molecule has 0 unspecified atom stereocenters. The van der Waals surface area contributed by atoms with E-state index in [2.05, 4.69) is 57.8 Å². The third-order valence-corrected chi connectivity index (χ3v) is 5.97. The molecule has 0 radical (unpaired) electrons. The zero-order chi connectivity index (χ0) is 20.5. The summed E-state index contributed by atoms with van der Waals surface area (Å²) in [4.78, 5) is 16.0. The number of pyridine rings is 1. The fourth-order valence-corrected chi connectivity index (χ4v) is 4.08. The molecule has 0 fully saturated rings. The Balaban J connectivity index is 2.03. The summed E-state index contributed by atoms with van der Waals surface area (Å²) in [5.41, 5.74) is 7.72. The van der Waals surface area contributed by atoms with E-state index in [-0.39, 0.29) is 16.8 Å². The van der Waals surface area contributed by atoms with E-state index in [1.165, 1.54) is 41.2 Å². The van der Waals surface area contributed by atoms with Crippen LogP contribution in [0.5, 0.6) is 0 Å². The Morgan fingerprint density at radius 1 is 1.07 bits per heavy atom. The van der Waals surface area contributed by atoms with Gasteiger partial charge in [-0.25, -0.2) is 4.79 Å². The molecule has 1 aromatic carbocycles. The number of esters is 1. The number of fused-ring (bicyclic) bond motifs is 1. The van der Waals surface area contributed by atoms with Crippen LogP contribution in [-0.2, 0) is 20.4 Å². The molecule has 1 heterocycles. The number of nitrogens with zero attached hydrogens (tertiary/aromatic N) is 1. The largest absolute Gasteiger partial charge is 0.463 e. The molecule has 0 saturated heterocycles. The molecule has 0 bridgehead atoms. The lowest BCUT2D eigenvalue weighted by Crippen LogP contribution is -2.34. The molecule has 1 aliphatic carbocycles. The first-order chi connectivity index (χ1) is 13.1. The Morgan fingerprint density at radius 3 is 2.36 bits per heavy atom. The lowest BCUT2D eigenvalue weighted by atomic mass is 9.62. The van der Waals surface area contributed by atoms with Crippen molar-refractivity contribution in [2.45, 2.75) is 65.2 Å². The van der Waals surface area contributed by atoms with E-state index in [1.54, 1.807) is 19.2 Å². The van der Waals surface area contributed by atoms with Crippen molar-refractivity contribution in [1.29, 1.82) is 0 Å². The number of aryl methyl sites for hydroxylation is 1. The van der Waals surface area contributed by atoms with Gasteiger partial charge in [-0.3, -0.25) is 4.98 Å². The zero-order valence-corrected chi connectivity index (χ0v) is 17.9. The molecule has 0 amide bonds. The Hall–Kier alpha value is -2.42. The maximum Gasteiger partial charge on any atom is 0.330 e. The van der Waals surface area contributed by atoms with Crippen LogP contribution in [0, 0.1) is 6.92 Å². The molecule has 2 aromatic rings. The molecule has 3 rings (SSSR count). The summed E-state index contributed by atoms with van der Waals surface area (Å²) in [6.07, 6.45) is 9.28. The molecule has 3 heteroatoms. The van der Waals surface area contributed by atoms with Crippen molar-refractivity contribution in [3.63, 3.8) is 0 Å². The molecule has 0 saturated carbocycles. The van der Waals surface area contributed by atoms with Crippen molar-refractivity contribution in [3.05, 3.63) is 58.9 Å². The summed E-state index contributed by atoms with van der Waals surface area (Å²) in [5.74, 6) is -0.332. The van der Waals surface area contributed by atoms with Gasteiger partial charge in [0.25, 0.3) is 0 Å². The van der Waals surface area contributed by atoms with Crippen LogP contribution in [0.3, 0.4) is 0 Å². The van der Waals surface area contributed by atoms with Gasteiger partial charge in [0.05, 0.1) is 6.61 Å². The topological polar surface area (TPSA) is 39.2 Å². The molecule has 0 N–H and O–H groups in total. The maximum atomic E-state index is 11.6. The van der Waals surface area contributed by atoms with E-state index >= 15 is 0 Å². The van der Waals surface area contributed by atoms with Gasteiger partial charge in [-0.15, -0.1) is 0 Å². The van der Waals surface area contributed by atoms with Gasteiger partial charge in [0.1, 0.15) is 0 Å². The molecular weight excluding hydrogens is 346 g/mol. The van der Waals surface area contributed by atoms with Gasteiger partial charge < -0.3 is 4.74 Å². The number of rotatable bonds is 4. The smallest absolute Gasteiger partial charge is 0.330 e. The van der Waals surface area contributed by atoms with Crippen LogP contribution in [0.15, 0.2) is 36.7 Å². The fourth-order valence-electron chi connectivity index (χ4n) is 4.08. The minimum Gasteiger partial charge on any atom is -0.463 e. The van der Waals surface area contributed by atoms with Crippen molar-refractivity contribution in [3.8, 4) is 11.1 Å². The number of hydrogen-bond donors (Lipinski definition) is 0. The number of hydrogen-bond acceptors (Lipinski definition) is 3. The molecule has 1 aliphatic rings. The highest BCUT2D eigenvalue weighted by atomic mass is 16.5. The molecule has 0 atom stereocenters. The number of ether oxygens (including phenoxy) is 1. The average Bonchev–Trinajstić information content (AvgIpc) is 2.64. The first kappa shape index (κ1) is 20.3. The SMILES string of the molecule is CCOC(=O)/C=C/c1cncc(-c2cc3c(cc2C)C(C)(C)CCC3(C)C)c1. The molecule has 1 aromatic heterocycles. The van der Waals surface area contributed by atoms with E-state index in [4.69, 9.17) is 4.74 Å². The van der Waals surface area contributed by atoms with Gasteiger partial charge in [-0.2, -0.15) is 0 Å². The molecule has 3 nitrogen and oxygen atoms in total. The molecule has 0 aliphatic heterocycles. The number of aromatic nitrogens is 1. The van der Waals surface area contributed by atoms with E-state index < -0.39 is 0 Å². The van der Waals surface area contributed by atoms with Gasteiger partial charge in [0.15, 0.2) is 0 Å². The Morgan fingerprint density at radius 2 is 1.71 bits per heavy atom. The number of benzene rings is 1. The number of carbonyl (C=O) groups is 1. The summed E-state index contributed by atoms with van der Waals surface area (Å²) in [6, 6.07) is 6.81. The third kappa shape index (κ3) is 4.04. The normalized spacial score (nSPS) is 17.4. The minimum absolute atomic E-state index is 0.169. The second kappa shape index (κ2) is 7.54. The summed E-state index contributed by atoms with van der Waals surface area (Å²) in [5, 5.41) is 0. The van der Waals surface area contributed by atoms with Crippen LogP contribution < -0.4 is 0 Å². The lowest BCUT2D eigenvalue weighted by molar-refractivity contribution is -0.137. The van der Waals surface area contributed by atoms with Crippen molar-refractivity contribution < 1.29 is 9.53 Å². The standard InChI is InChI=1S/C25H31NO2/c1-7-28-23(27)9-8-18-13-19(16-26-15-18)20-14-22-21(12-17(20)2)24(3,4)10-11-25(22,5)6/h8-9,12-16H,7,10-11H2,1-6H3/b9-8+. The summed E-state index contributed by atoms with van der Waals surface area (Å²) < 4.78 is 4.96. The minimum atomic E-state index is -0.332. The maximum absolute atomic E-state index is 11.6. The summed E-state index contributed by atoms with van der Waals surface area (Å²) in [6.45, 7) is 13.7. The predicted molar refractivity (Wildman–Crippen MR) is 115 cm³/mol. The highest BCUT2D eigenvalue weighted by Crippen LogP contribution is 2.47. The van der Waals surface area contributed by atoms with Gasteiger partial charge in [0, 0.05) is 24.0 Å². The molecule has 28 heavy (non-hydrogen) atoms. The highest BCUT2D eigenvalue weighted by molar-refractivity contribution is 5.87. The quantitative estimate of drug-likeness (QED) is 0.486. The van der Waals surface area contributed by atoms with Crippen LogP contribution in [0.2, 0.25) is 0 Å². The van der Waals surface area contributed by atoms with Crippen LogP contribution in [0.25, 0.3) is 17.2 Å². The lowest BCUT2D eigenvalue weighted by Gasteiger charge is -2.42. The van der Waals surface area contributed by atoms with E-state index in [0.29, 0.717) is 6.61 Å². The van der Waals surface area contributed by atoms with Gasteiger partial charge in [-0.05, 0) is 83.5 Å². The molecular formula is C25H31NO2. The average molecular weight is 378 g/mol. The number of carbonyl (C=O) groups excluding carboxylic acids is 1. The zero-order valence-electron chi connectivity index (χ0n) is 17.9. The summed E-state index contributed by atoms with van der Waals surface area (Å²) in [7, 11) is 0. The van der Waals surface area contributed by atoms with Crippen molar-refractivity contribution >= 4 is 12.0 Å². The first-order valence-electron chi connectivity index (χ1n) is 10.1. The monoisotopic (exact) mass is 377 g/mol. The third-order valence-electron chi connectivity index (χ3n) is 5.97. The first-order valence-corrected chi connectivity index (χ1v) is 10.1. The van der Waals surface area contributed by atoms with E-state index in [9.17, 15) is 4.79 Å². The molecule has 148 valence electrons. The Kier molecular flexibility index (Phi) is 5.47. The predicted octanol–water partition coefficient (Wildman–Crippen LogP) is 5.98. The second-order valence-corrected chi connectivity index (χ2v) is 9.07. The van der Waals surface area contributed by atoms with Gasteiger partial charge >= 0.3 is 5.97 Å². The van der Waals surface area contributed by atoms with Crippen LogP contribution >= 0.6 is 0 Å². The summed E-state index contributed by atoms with van der Waals surface area (Å²) >= 11 is 0. The Bertz CT molecular complexity index is 922.